The van der Waals surface area contributed by atoms with Gasteiger partial charge in [0.1, 0.15) is 11.5 Å². The maximum atomic E-state index is 13.0. The van der Waals surface area contributed by atoms with E-state index in [1.165, 1.54) is 25.3 Å². The second-order valence-electron chi connectivity index (χ2n) is 4.39. The van der Waals surface area contributed by atoms with Gasteiger partial charge in [-0.25, -0.2) is 0 Å². The predicted octanol–water partition coefficient (Wildman–Crippen LogP) is 4.03. The summed E-state index contributed by atoms with van der Waals surface area (Å²) in [7, 11) is 1.31. The van der Waals surface area contributed by atoms with Crippen molar-refractivity contribution in [3.05, 3.63) is 53.6 Å². The first-order chi connectivity index (χ1) is 9.91. The van der Waals surface area contributed by atoms with E-state index in [0.29, 0.717) is 5.56 Å². The summed E-state index contributed by atoms with van der Waals surface area (Å²) in [4.78, 5) is 0. The highest BCUT2D eigenvalue weighted by atomic mass is 19.4. The van der Waals surface area contributed by atoms with Gasteiger partial charge in [-0.15, -0.1) is 0 Å². The Balaban J connectivity index is 2.26. The van der Waals surface area contributed by atoms with Gasteiger partial charge in [0, 0.05) is 17.8 Å². The molecule has 0 saturated carbocycles. The third-order valence-electron chi connectivity index (χ3n) is 2.99. The van der Waals surface area contributed by atoms with Crippen LogP contribution >= 0.6 is 0 Å². The van der Waals surface area contributed by atoms with Crippen molar-refractivity contribution >= 4 is 5.69 Å². The maximum Gasteiger partial charge on any atom is 0.418 e. The number of alkyl halides is 3. The molecule has 21 heavy (non-hydrogen) atoms. The molecule has 2 aromatic rings. The van der Waals surface area contributed by atoms with Gasteiger partial charge in [-0.3, -0.25) is 0 Å². The van der Waals surface area contributed by atoms with E-state index in [1.54, 1.807) is 18.2 Å². The minimum Gasteiger partial charge on any atom is -0.508 e. The van der Waals surface area contributed by atoms with E-state index in [-0.39, 0.29) is 23.7 Å². The van der Waals surface area contributed by atoms with Crippen LogP contribution in [0.4, 0.5) is 18.9 Å². The van der Waals surface area contributed by atoms with Crippen LogP contribution in [0.25, 0.3) is 0 Å². The smallest absolute Gasteiger partial charge is 0.418 e. The SMILES string of the molecule is COc1ccc(NCc2ccccc2O)c(C(F)(F)F)c1. The Bertz CT molecular complexity index is 627. The molecule has 0 saturated heterocycles. The molecule has 0 atom stereocenters. The number of hydrogen-bond acceptors (Lipinski definition) is 3. The monoisotopic (exact) mass is 297 g/mol. The number of rotatable bonds is 4. The van der Waals surface area contributed by atoms with E-state index in [9.17, 15) is 18.3 Å². The van der Waals surface area contributed by atoms with Gasteiger partial charge in [0.2, 0.25) is 0 Å². The molecule has 2 rings (SSSR count). The molecule has 0 amide bonds. The lowest BCUT2D eigenvalue weighted by molar-refractivity contribution is -0.137. The molecule has 0 aliphatic carbocycles. The topological polar surface area (TPSA) is 41.5 Å². The van der Waals surface area contributed by atoms with Crippen molar-refractivity contribution in [1.29, 1.82) is 0 Å². The van der Waals surface area contributed by atoms with Gasteiger partial charge in [0.05, 0.1) is 12.7 Å². The van der Waals surface area contributed by atoms with Crippen molar-refractivity contribution < 1.29 is 23.0 Å². The normalized spacial score (nSPS) is 11.2. The standard InChI is InChI=1S/C15H14F3NO2/c1-21-11-6-7-13(12(8-11)15(16,17)18)19-9-10-4-2-3-5-14(10)20/h2-8,19-20H,9H2,1H3. The van der Waals surface area contributed by atoms with Gasteiger partial charge in [-0.2, -0.15) is 13.2 Å². The zero-order valence-electron chi connectivity index (χ0n) is 11.2. The Morgan fingerprint density at radius 1 is 1.14 bits per heavy atom. The number of phenolic OH excluding ortho intramolecular Hbond substituents is 1. The summed E-state index contributed by atoms with van der Waals surface area (Å²) in [6.45, 7) is 0.0854. The van der Waals surface area contributed by atoms with E-state index in [1.807, 2.05) is 0 Å². The van der Waals surface area contributed by atoms with Gasteiger partial charge < -0.3 is 15.2 Å². The first-order valence-electron chi connectivity index (χ1n) is 6.18. The van der Waals surface area contributed by atoms with Crippen molar-refractivity contribution in [2.24, 2.45) is 0 Å². The Hall–Kier alpha value is -2.37. The molecule has 6 heteroatoms. The first kappa shape index (κ1) is 15.0. The number of para-hydroxylation sites is 1. The van der Waals surface area contributed by atoms with Crippen LogP contribution in [0, 0.1) is 0 Å². The average molecular weight is 297 g/mol. The van der Waals surface area contributed by atoms with Crippen molar-refractivity contribution in [2.75, 3.05) is 12.4 Å². The summed E-state index contributed by atoms with van der Waals surface area (Å²) in [5.41, 5.74) is -0.356. The number of halogens is 3. The number of methoxy groups -OCH3 is 1. The molecular weight excluding hydrogens is 283 g/mol. The fraction of sp³-hybridized carbons (Fsp3) is 0.200. The lowest BCUT2D eigenvalue weighted by Gasteiger charge is -2.16. The number of phenols is 1. The van der Waals surface area contributed by atoms with E-state index in [4.69, 9.17) is 4.74 Å². The minimum absolute atomic E-state index is 0.0343. The van der Waals surface area contributed by atoms with Gasteiger partial charge >= 0.3 is 6.18 Å². The van der Waals surface area contributed by atoms with Crippen LogP contribution in [-0.2, 0) is 12.7 Å². The molecule has 0 bridgehead atoms. The largest absolute Gasteiger partial charge is 0.508 e. The summed E-state index contributed by atoms with van der Waals surface area (Å²) in [6.07, 6.45) is -4.49. The zero-order chi connectivity index (χ0) is 15.5. The lowest BCUT2D eigenvalue weighted by Crippen LogP contribution is -2.11. The highest BCUT2D eigenvalue weighted by molar-refractivity contribution is 5.56. The number of ether oxygens (including phenoxy) is 1. The fourth-order valence-corrected chi connectivity index (χ4v) is 1.89. The van der Waals surface area contributed by atoms with Crippen LogP contribution < -0.4 is 10.1 Å². The second-order valence-corrected chi connectivity index (χ2v) is 4.39. The average Bonchev–Trinajstić information content (AvgIpc) is 2.45. The molecule has 0 fully saturated rings. The van der Waals surface area contributed by atoms with Crippen molar-refractivity contribution in [3.63, 3.8) is 0 Å². The third kappa shape index (κ3) is 3.59. The fourth-order valence-electron chi connectivity index (χ4n) is 1.89. The molecule has 112 valence electrons. The number of aromatic hydroxyl groups is 1. The summed E-state index contributed by atoms with van der Waals surface area (Å²) >= 11 is 0. The lowest BCUT2D eigenvalue weighted by atomic mass is 10.1. The molecule has 2 N–H and O–H groups in total. The first-order valence-corrected chi connectivity index (χ1v) is 6.18. The summed E-state index contributed by atoms with van der Waals surface area (Å²) < 4.78 is 43.9. The Morgan fingerprint density at radius 3 is 2.48 bits per heavy atom. The Labute approximate surface area is 120 Å². The third-order valence-corrected chi connectivity index (χ3v) is 2.99. The number of nitrogens with one attached hydrogen (secondary N) is 1. The Kier molecular flexibility index (Phi) is 4.26. The van der Waals surface area contributed by atoms with E-state index < -0.39 is 11.7 Å². The maximum absolute atomic E-state index is 13.0. The van der Waals surface area contributed by atoms with Gasteiger partial charge in [0.15, 0.2) is 0 Å². The molecule has 0 spiro atoms. The summed E-state index contributed by atoms with van der Waals surface area (Å²) in [5, 5.41) is 12.3. The molecular formula is C15H14F3NO2. The molecule has 0 radical (unpaired) electrons. The van der Waals surface area contributed by atoms with E-state index in [2.05, 4.69) is 5.32 Å². The van der Waals surface area contributed by atoms with Crippen LogP contribution in [0.3, 0.4) is 0 Å². The molecule has 0 unspecified atom stereocenters. The van der Waals surface area contributed by atoms with Crippen LogP contribution in [-0.4, -0.2) is 12.2 Å². The highest BCUT2D eigenvalue weighted by Gasteiger charge is 2.34. The summed E-state index contributed by atoms with van der Waals surface area (Å²) in [6, 6.07) is 10.2. The number of benzene rings is 2. The highest BCUT2D eigenvalue weighted by Crippen LogP contribution is 2.37. The number of anilines is 1. The zero-order valence-corrected chi connectivity index (χ0v) is 11.2. The van der Waals surface area contributed by atoms with E-state index >= 15 is 0 Å². The molecule has 0 heterocycles. The summed E-state index contributed by atoms with van der Waals surface area (Å²) in [5.74, 6) is 0.169. The number of hydrogen-bond donors (Lipinski definition) is 2. The van der Waals surface area contributed by atoms with Gasteiger partial charge in [-0.05, 0) is 24.3 Å². The van der Waals surface area contributed by atoms with Crippen LogP contribution in [0.1, 0.15) is 11.1 Å². The van der Waals surface area contributed by atoms with Crippen LogP contribution in [0.15, 0.2) is 42.5 Å². The second kappa shape index (κ2) is 5.95. The molecule has 0 aliphatic rings. The molecule has 2 aromatic carbocycles. The van der Waals surface area contributed by atoms with Crippen molar-refractivity contribution in [1.82, 2.24) is 0 Å². The Morgan fingerprint density at radius 2 is 1.86 bits per heavy atom. The van der Waals surface area contributed by atoms with Crippen molar-refractivity contribution in [2.45, 2.75) is 12.7 Å². The van der Waals surface area contributed by atoms with Crippen molar-refractivity contribution in [3.8, 4) is 11.5 Å². The van der Waals surface area contributed by atoms with Crippen LogP contribution in [0.5, 0.6) is 11.5 Å². The van der Waals surface area contributed by atoms with Gasteiger partial charge in [-0.1, -0.05) is 18.2 Å². The molecule has 0 aromatic heterocycles. The predicted molar refractivity (Wildman–Crippen MR) is 73.4 cm³/mol. The quantitative estimate of drug-likeness (QED) is 0.895. The van der Waals surface area contributed by atoms with Crippen LogP contribution in [0.2, 0.25) is 0 Å². The molecule has 0 aliphatic heterocycles. The van der Waals surface area contributed by atoms with Gasteiger partial charge in [0.25, 0.3) is 0 Å². The minimum atomic E-state index is -4.49. The molecule has 3 nitrogen and oxygen atoms in total. The van der Waals surface area contributed by atoms with E-state index in [0.717, 1.165) is 6.07 Å².